The van der Waals surface area contributed by atoms with Gasteiger partial charge in [-0.2, -0.15) is 0 Å². The summed E-state index contributed by atoms with van der Waals surface area (Å²) in [5.74, 6) is 0.281. The third-order valence-electron chi connectivity index (χ3n) is 4.72. The van der Waals surface area contributed by atoms with Gasteiger partial charge in [-0.15, -0.1) is 0 Å². The Morgan fingerprint density at radius 2 is 1.92 bits per heavy atom. The van der Waals surface area contributed by atoms with E-state index in [1.54, 1.807) is 7.05 Å². The second-order valence-electron chi connectivity index (χ2n) is 6.26. The first-order chi connectivity index (χ1) is 11.7. The molecule has 126 valence electrons. The molecule has 2 heterocycles. The lowest BCUT2D eigenvalue weighted by Gasteiger charge is -2.31. The molecule has 5 heteroatoms. The van der Waals surface area contributed by atoms with E-state index >= 15 is 0 Å². The predicted octanol–water partition coefficient (Wildman–Crippen LogP) is 2.15. The van der Waals surface area contributed by atoms with Crippen molar-refractivity contribution in [2.75, 3.05) is 20.1 Å². The van der Waals surface area contributed by atoms with Gasteiger partial charge in [-0.3, -0.25) is 14.6 Å². The number of para-hydroxylation sites is 1. The maximum absolute atomic E-state index is 12.4. The summed E-state index contributed by atoms with van der Waals surface area (Å²) < 4.78 is 0. The topological polar surface area (TPSA) is 62.3 Å². The van der Waals surface area contributed by atoms with Crippen molar-refractivity contribution in [3.63, 3.8) is 0 Å². The highest BCUT2D eigenvalue weighted by Crippen LogP contribution is 2.19. The van der Waals surface area contributed by atoms with Crippen LogP contribution in [0.5, 0.6) is 0 Å². The summed E-state index contributed by atoms with van der Waals surface area (Å²) >= 11 is 0. The fraction of sp³-hybridized carbons (Fsp3) is 0.421. The van der Waals surface area contributed by atoms with Crippen molar-refractivity contribution >= 4 is 22.7 Å². The molecule has 0 unspecified atom stereocenters. The molecular formula is C19H23N3O2. The van der Waals surface area contributed by atoms with Crippen LogP contribution in [0, 0.1) is 5.92 Å². The lowest BCUT2D eigenvalue weighted by molar-refractivity contribution is -0.135. The number of piperidine rings is 1. The highest BCUT2D eigenvalue weighted by molar-refractivity contribution is 5.80. The normalized spacial score (nSPS) is 15.5. The summed E-state index contributed by atoms with van der Waals surface area (Å²) in [4.78, 5) is 30.5. The smallest absolute Gasteiger partial charge is 0.222 e. The number of carbonyl (C=O) groups is 2. The molecule has 0 spiro atoms. The molecule has 3 rings (SSSR count). The number of rotatable bonds is 4. The van der Waals surface area contributed by atoms with Gasteiger partial charge in [-0.05, 0) is 31.4 Å². The van der Waals surface area contributed by atoms with Crippen molar-refractivity contribution in [3.8, 4) is 0 Å². The molecule has 0 radical (unpaired) electrons. The van der Waals surface area contributed by atoms with E-state index in [1.165, 1.54) is 0 Å². The van der Waals surface area contributed by atoms with Gasteiger partial charge in [0.25, 0.3) is 0 Å². The van der Waals surface area contributed by atoms with Crippen LogP contribution in [-0.4, -0.2) is 41.8 Å². The van der Waals surface area contributed by atoms with Crippen LogP contribution in [-0.2, 0) is 16.0 Å². The lowest BCUT2D eigenvalue weighted by Crippen LogP contribution is -2.42. The highest BCUT2D eigenvalue weighted by atomic mass is 16.2. The quantitative estimate of drug-likeness (QED) is 0.937. The average molecular weight is 325 g/mol. The fourth-order valence-corrected chi connectivity index (χ4v) is 3.24. The van der Waals surface area contributed by atoms with Crippen LogP contribution in [0.4, 0.5) is 0 Å². The maximum atomic E-state index is 12.4. The first-order valence-electron chi connectivity index (χ1n) is 8.51. The van der Waals surface area contributed by atoms with Crippen molar-refractivity contribution in [1.82, 2.24) is 15.2 Å². The number of amides is 2. The van der Waals surface area contributed by atoms with Gasteiger partial charge in [0.05, 0.1) is 5.52 Å². The molecule has 1 aliphatic heterocycles. The number of nitrogens with one attached hydrogen (secondary N) is 1. The van der Waals surface area contributed by atoms with Crippen molar-refractivity contribution in [3.05, 3.63) is 42.1 Å². The third-order valence-corrected chi connectivity index (χ3v) is 4.72. The van der Waals surface area contributed by atoms with Crippen molar-refractivity contribution in [2.45, 2.75) is 25.7 Å². The van der Waals surface area contributed by atoms with Crippen molar-refractivity contribution in [1.29, 1.82) is 0 Å². The largest absolute Gasteiger partial charge is 0.359 e. The van der Waals surface area contributed by atoms with E-state index in [0.717, 1.165) is 29.4 Å². The van der Waals surface area contributed by atoms with E-state index in [4.69, 9.17) is 0 Å². The first-order valence-corrected chi connectivity index (χ1v) is 8.51. The summed E-state index contributed by atoms with van der Waals surface area (Å²) in [6.45, 7) is 1.34. The number of fused-ring (bicyclic) bond motifs is 1. The third kappa shape index (κ3) is 3.72. The van der Waals surface area contributed by atoms with Gasteiger partial charge in [0.1, 0.15) is 0 Å². The molecule has 1 aromatic heterocycles. The number of nitrogens with zero attached hydrogens (tertiary/aromatic N) is 2. The summed E-state index contributed by atoms with van der Waals surface area (Å²) in [5, 5.41) is 3.80. The molecule has 1 aromatic carbocycles. The Balaban J connectivity index is 1.53. The van der Waals surface area contributed by atoms with Gasteiger partial charge in [-0.25, -0.2) is 0 Å². The monoisotopic (exact) mass is 325 g/mol. The van der Waals surface area contributed by atoms with Crippen LogP contribution in [0.3, 0.4) is 0 Å². The van der Waals surface area contributed by atoms with Crippen LogP contribution in [0.1, 0.15) is 25.0 Å². The minimum atomic E-state index is 0.0428. The Kier molecular flexibility index (Phi) is 5.08. The summed E-state index contributed by atoms with van der Waals surface area (Å²) in [5.41, 5.74) is 1.91. The van der Waals surface area contributed by atoms with Crippen LogP contribution in [0.2, 0.25) is 0 Å². The molecule has 1 fully saturated rings. The minimum Gasteiger partial charge on any atom is -0.359 e. The number of carbonyl (C=O) groups excluding carboxylic acids is 2. The molecule has 1 N–H and O–H groups in total. The van der Waals surface area contributed by atoms with Gasteiger partial charge >= 0.3 is 0 Å². The van der Waals surface area contributed by atoms with Gasteiger partial charge in [0, 0.05) is 43.6 Å². The molecule has 0 bridgehead atoms. The number of hydrogen-bond donors (Lipinski definition) is 1. The fourth-order valence-electron chi connectivity index (χ4n) is 3.24. The zero-order valence-electron chi connectivity index (χ0n) is 14.0. The zero-order valence-corrected chi connectivity index (χ0v) is 14.0. The number of aromatic nitrogens is 1. The summed E-state index contributed by atoms with van der Waals surface area (Å²) in [6, 6.07) is 12.0. The Hall–Kier alpha value is -2.43. The molecule has 0 saturated carbocycles. The van der Waals surface area contributed by atoms with E-state index in [1.807, 2.05) is 35.2 Å². The van der Waals surface area contributed by atoms with Crippen LogP contribution in [0.25, 0.3) is 10.9 Å². The molecule has 1 saturated heterocycles. The molecule has 5 nitrogen and oxygen atoms in total. The van der Waals surface area contributed by atoms with Gasteiger partial charge in [0.2, 0.25) is 11.8 Å². The summed E-state index contributed by atoms with van der Waals surface area (Å²) in [6.07, 6.45) is 2.62. The zero-order chi connectivity index (χ0) is 16.9. The van der Waals surface area contributed by atoms with Crippen molar-refractivity contribution < 1.29 is 9.59 Å². The molecule has 2 amide bonds. The molecule has 0 aliphatic carbocycles. The van der Waals surface area contributed by atoms with E-state index < -0.39 is 0 Å². The molecule has 24 heavy (non-hydrogen) atoms. The first kappa shape index (κ1) is 16.4. The van der Waals surface area contributed by atoms with Gasteiger partial charge < -0.3 is 10.2 Å². The van der Waals surface area contributed by atoms with E-state index in [0.29, 0.717) is 25.9 Å². The average Bonchev–Trinajstić information content (AvgIpc) is 2.65. The molecule has 0 atom stereocenters. The second-order valence-corrected chi connectivity index (χ2v) is 6.26. The SMILES string of the molecule is CNC(=O)C1CCN(C(=O)CCc2ccc3ccccc3n2)CC1. The minimum absolute atomic E-state index is 0.0428. The van der Waals surface area contributed by atoms with Gasteiger partial charge in [0.15, 0.2) is 0 Å². The van der Waals surface area contributed by atoms with E-state index in [-0.39, 0.29) is 17.7 Å². The van der Waals surface area contributed by atoms with E-state index in [9.17, 15) is 9.59 Å². The van der Waals surface area contributed by atoms with Gasteiger partial charge in [-0.1, -0.05) is 24.3 Å². The molecular weight excluding hydrogens is 302 g/mol. The Bertz CT molecular complexity index is 736. The number of pyridine rings is 1. The Morgan fingerprint density at radius 1 is 1.17 bits per heavy atom. The number of benzene rings is 1. The van der Waals surface area contributed by atoms with Crippen molar-refractivity contribution in [2.24, 2.45) is 5.92 Å². The standard InChI is InChI=1S/C19H23N3O2/c1-20-19(24)15-10-12-22(13-11-15)18(23)9-8-16-7-6-14-4-2-3-5-17(14)21-16/h2-7,15H,8-13H2,1H3,(H,20,24). The van der Waals surface area contributed by atoms with Crippen LogP contribution < -0.4 is 5.32 Å². The maximum Gasteiger partial charge on any atom is 0.222 e. The molecule has 1 aliphatic rings. The molecule has 2 aromatic rings. The highest BCUT2D eigenvalue weighted by Gasteiger charge is 2.26. The number of hydrogen-bond acceptors (Lipinski definition) is 3. The predicted molar refractivity (Wildman–Crippen MR) is 93.4 cm³/mol. The Morgan fingerprint density at radius 3 is 2.67 bits per heavy atom. The lowest BCUT2D eigenvalue weighted by atomic mass is 9.95. The Labute approximate surface area is 142 Å². The van der Waals surface area contributed by atoms with E-state index in [2.05, 4.69) is 16.4 Å². The van der Waals surface area contributed by atoms with Crippen LogP contribution >= 0.6 is 0 Å². The van der Waals surface area contributed by atoms with Crippen LogP contribution in [0.15, 0.2) is 36.4 Å². The summed E-state index contributed by atoms with van der Waals surface area (Å²) in [7, 11) is 1.66. The number of likely N-dealkylation sites (tertiary alicyclic amines) is 1. The number of aryl methyl sites for hydroxylation is 1. The second kappa shape index (κ2) is 7.43.